The fraction of sp³-hybridized carbons (Fsp3) is 0.500. The Bertz CT molecular complexity index is 243. The summed E-state index contributed by atoms with van der Waals surface area (Å²) in [5.41, 5.74) is 5.00. The number of nitrogens with two attached hydrogens (primary N) is 1. The molecular formula is C10H17N3. The number of hydrazine groups is 1. The Balaban J connectivity index is 2.73. The number of hydrogen-bond acceptors (Lipinski definition) is 3. The van der Waals surface area contributed by atoms with E-state index in [1.54, 1.807) is 0 Å². The number of hydrogen-bond donors (Lipinski definition) is 2. The Labute approximate surface area is 79.3 Å². The first-order valence-corrected chi connectivity index (χ1v) is 4.66. The quantitative estimate of drug-likeness (QED) is 0.546. The van der Waals surface area contributed by atoms with Crippen LogP contribution in [0.4, 0.5) is 0 Å². The molecule has 0 aliphatic rings. The Morgan fingerprint density at radius 2 is 2.31 bits per heavy atom. The third-order valence-corrected chi connectivity index (χ3v) is 2.12. The molecule has 1 aromatic heterocycles. The second-order valence-electron chi connectivity index (χ2n) is 3.24. The van der Waals surface area contributed by atoms with Crippen molar-refractivity contribution in [3.05, 3.63) is 29.6 Å². The van der Waals surface area contributed by atoms with Crippen molar-refractivity contribution in [3.8, 4) is 0 Å². The predicted octanol–water partition coefficient (Wildman–Crippen LogP) is 1.69. The number of pyridine rings is 1. The van der Waals surface area contributed by atoms with Gasteiger partial charge in [-0.15, -0.1) is 0 Å². The molecule has 0 fully saturated rings. The summed E-state index contributed by atoms with van der Waals surface area (Å²) in [7, 11) is 0. The van der Waals surface area contributed by atoms with Crippen molar-refractivity contribution in [2.75, 3.05) is 0 Å². The standard InChI is InChI=1S/C10H17N3/c1-3-4-10(13-11)9-6-5-8(2)12-7-9/h5-7,10,13H,3-4,11H2,1-2H3. The van der Waals surface area contributed by atoms with E-state index >= 15 is 0 Å². The van der Waals surface area contributed by atoms with Gasteiger partial charge >= 0.3 is 0 Å². The third kappa shape index (κ3) is 2.79. The summed E-state index contributed by atoms with van der Waals surface area (Å²) in [6.45, 7) is 4.13. The maximum absolute atomic E-state index is 5.45. The van der Waals surface area contributed by atoms with Crippen LogP contribution in [0.15, 0.2) is 18.3 Å². The molecule has 0 saturated heterocycles. The largest absolute Gasteiger partial charge is 0.271 e. The van der Waals surface area contributed by atoms with Gasteiger partial charge in [-0.3, -0.25) is 16.3 Å². The summed E-state index contributed by atoms with van der Waals surface area (Å²) in [4.78, 5) is 4.23. The van der Waals surface area contributed by atoms with E-state index in [4.69, 9.17) is 5.84 Å². The second-order valence-corrected chi connectivity index (χ2v) is 3.24. The second kappa shape index (κ2) is 4.94. The predicted molar refractivity (Wildman–Crippen MR) is 53.9 cm³/mol. The maximum atomic E-state index is 5.45. The van der Waals surface area contributed by atoms with Crippen molar-refractivity contribution < 1.29 is 0 Å². The third-order valence-electron chi connectivity index (χ3n) is 2.12. The summed E-state index contributed by atoms with van der Waals surface area (Å²) >= 11 is 0. The van der Waals surface area contributed by atoms with Gasteiger partial charge in [0.1, 0.15) is 0 Å². The van der Waals surface area contributed by atoms with Crippen LogP contribution in [0.25, 0.3) is 0 Å². The molecule has 1 heterocycles. The van der Waals surface area contributed by atoms with Gasteiger partial charge in [0.15, 0.2) is 0 Å². The molecule has 0 bridgehead atoms. The van der Waals surface area contributed by atoms with Gasteiger partial charge in [0.25, 0.3) is 0 Å². The Morgan fingerprint density at radius 3 is 2.77 bits per heavy atom. The van der Waals surface area contributed by atoms with Crippen LogP contribution < -0.4 is 11.3 Å². The van der Waals surface area contributed by atoms with Crippen molar-refractivity contribution in [1.29, 1.82) is 0 Å². The minimum atomic E-state index is 0.234. The van der Waals surface area contributed by atoms with Gasteiger partial charge in [0.05, 0.1) is 0 Å². The van der Waals surface area contributed by atoms with Crippen LogP contribution in [-0.2, 0) is 0 Å². The molecule has 0 aliphatic heterocycles. The highest BCUT2D eigenvalue weighted by Gasteiger charge is 2.07. The maximum Gasteiger partial charge on any atom is 0.0475 e. The highest BCUT2D eigenvalue weighted by molar-refractivity contribution is 5.16. The lowest BCUT2D eigenvalue weighted by Crippen LogP contribution is -2.27. The van der Waals surface area contributed by atoms with Crippen molar-refractivity contribution in [2.24, 2.45) is 5.84 Å². The zero-order chi connectivity index (χ0) is 9.68. The van der Waals surface area contributed by atoms with Gasteiger partial charge in [-0.25, -0.2) is 0 Å². The minimum absolute atomic E-state index is 0.234. The first kappa shape index (κ1) is 10.2. The molecule has 3 nitrogen and oxygen atoms in total. The van der Waals surface area contributed by atoms with Crippen molar-refractivity contribution in [1.82, 2.24) is 10.4 Å². The number of aromatic nitrogens is 1. The van der Waals surface area contributed by atoms with Gasteiger partial charge < -0.3 is 0 Å². The first-order valence-electron chi connectivity index (χ1n) is 4.66. The summed E-state index contributed by atoms with van der Waals surface area (Å²) in [5, 5.41) is 0. The highest BCUT2D eigenvalue weighted by atomic mass is 15.2. The van der Waals surface area contributed by atoms with Crippen LogP contribution in [0.2, 0.25) is 0 Å². The average molecular weight is 179 g/mol. The molecule has 0 aromatic carbocycles. The van der Waals surface area contributed by atoms with Gasteiger partial charge in [0, 0.05) is 17.9 Å². The van der Waals surface area contributed by atoms with E-state index in [1.807, 2.05) is 19.2 Å². The highest BCUT2D eigenvalue weighted by Crippen LogP contribution is 2.16. The molecule has 3 N–H and O–H groups in total. The zero-order valence-electron chi connectivity index (χ0n) is 8.25. The Morgan fingerprint density at radius 1 is 1.54 bits per heavy atom. The van der Waals surface area contributed by atoms with Crippen LogP contribution in [0.3, 0.4) is 0 Å². The number of rotatable bonds is 4. The van der Waals surface area contributed by atoms with E-state index in [1.165, 1.54) is 0 Å². The van der Waals surface area contributed by atoms with E-state index in [-0.39, 0.29) is 6.04 Å². The molecule has 0 amide bonds. The molecule has 1 aromatic rings. The van der Waals surface area contributed by atoms with Gasteiger partial charge in [-0.2, -0.15) is 0 Å². The average Bonchev–Trinajstić information content (AvgIpc) is 2.16. The molecule has 3 heteroatoms. The lowest BCUT2D eigenvalue weighted by molar-refractivity contribution is 0.508. The molecule has 1 rings (SSSR count). The summed E-state index contributed by atoms with van der Waals surface area (Å²) in [5.74, 6) is 5.45. The monoisotopic (exact) mass is 179 g/mol. The molecule has 0 spiro atoms. The molecule has 0 saturated carbocycles. The Hall–Kier alpha value is -0.930. The van der Waals surface area contributed by atoms with E-state index in [9.17, 15) is 0 Å². The van der Waals surface area contributed by atoms with Crippen LogP contribution in [0.1, 0.15) is 37.1 Å². The number of nitrogens with zero attached hydrogens (tertiary/aromatic N) is 1. The molecule has 13 heavy (non-hydrogen) atoms. The number of aryl methyl sites for hydroxylation is 1. The van der Waals surface area contributed by atoms with E-state index in [0.29, 0.717) is 0 Å². The normalized spacial score (nSPS) is 12.8. The van der Waals surface area contributed by atoms with Gasteiger partial charge in [-0.05, 0) is 25.0 Å². The van der Waals surface area contributed by atoms with Crippen LogP contribution >= 0.6 is 0 Å². The molecule has 0 aliphatic carbocycles. The lowest BCUT2D eigenvalue weighted by atomic mass is 10.1. The number of nitrogens with one attached hydrogen (secondary N) is 1. The van der Waals surface area contributed by atoms with E-state index in [2.05, 4.69) is 23.4 Å². The van der Waals surface area contributed by atoms with Crippen LogP contribution in [0, 0.1) is 6.92 Å². The topological polar surface area (TPSA) is 50.9 Å². The van der Waals surface area contributed by atoms with E-state index in [0.717, 1.165) is 24.1 Å². The smallest absolute Gasteiger partial charge is 0.0475 e. The lowest BCUT2D eigenvalue weighted by Gasteiger charge is -2.14. The Kier molecular flexibility index (Phi) is 3.86. The van der Waals surface area contributed by atoms with Crippen LogP contribution in [0.5, 0.6) is 0 Å². The summed E-state index contributed by atoms with van der Waals surface area (Å²) in [6, 6.07) is 4.32. The SMILES string of the molecule is CCCC(NN)c1ccc(C)nc1. The fourth-order valence-corrected chi connectivity index (χ4v) is 1.32. The van der Waals surface area contributed by atoms with Crippen molar-refractivity contribution >= 4 is 0 Å². The molecule has 72 valence electrons. The molecule has 1 atom stereocenters. The van der Waals surface area contributed by atoms with Gasteiger partial charge in [-0.1, -0.05) is 19.4 Å². The zero-order valence-corrected chi connectivity index (χ0v) is 8.25. The summed E-state index contributed by atoms with van der Waals surface area (Å²) < 4.78 is 0. The van der Waals surface area contributed by atoms with Crippen molar-refractivity contribution in [3.63, 3.8) is 0 Å². The van der Waals surface area contributed by atoms with Gasteiger partial charge in [0.2, 0.25) is 0 Å². The molecule has 0 radical (unpaired) electrons. The summed E-state index contributed by atoms with van der Waals surface area (Å²) in [6.07, 6.45) is 4.04. The van der Waals surface area contributed by atoms with E-state index < -0.39 is 0 Å². The minimum Gasteiger partial charge on any atom is -0.271 e. The molecule has 1 unspecified atom stereocenters. The van der Waals surface area contributed by atoms with Crippen LogP contribution in [-0.4, -0.2) is 4.98 Å². The van der Waals surface area contributed by atoms with Crippen molar-refractivity contribution in [2.45, 2.75) is 32.7 Å². The first-order chi connectivity index (χ1) is 6.27. The fourth-order valence-electron chi connectivity index (χ4n) is 1.32. The molecular weight excluding hydrogens is 162 g/mol.